The number of nitrogens with zero attached hydrogens (tertiary/aromatic N) is 5. The lowest BCUT2D eigenvalue weighted by atomic mass is 9.98. The van der Waals surface area contributed by atoms with Gasteiger partial charge in [-0.15, -0.1) is 0 Å². The molecule has 8 nitrogen and oxygen atoms in total. The number of aromatic amines is 1. The van der Waals surface area contributed by atoms with E-state index in [0.717, 1.165) is 30.0 Å². The summed E-state index contributed by atoms with van der Waals surface area (Å²) in [4.78, 5) is 32.7. The molecular formula is C22H28N6O2. The molecule has 8 heteroatoms. The molecule has 0 spiro atoms. The van der Waals surface area contributed by atoms with E-state index >= 15 is 0 Å². The topological polar surface area (TPSA) is 87.2 Å². The predicted octanol–water partition coefficient (Wildman–Crippen LogP) is 2.90. The molecule has 1 aliphatic rings. The van der Waals surface area contributed by atoms with Gasteiger partial charge in [-0.2, -0.15) is 0 Å². The Balaban J connectivity index is 1.36. The lowest BCUT2D eigenvalue weighted by Crippen LogP contribution is -2.38. The van der Waals surface area contributed by atoms with Crippen molar-refractivity contribution in [1.82, 2.24) is 24.8 Å². The van der Waals surface area contributed by atoms with Crippen molar-refractivity contribution in [2.45, 2.75) is 33.1 Å². The summed E-state index contributed by atoms with van der Waals surface area (Å²) < 4.78 is 5.80. The SMILES string of the molecule is Cc1cc(OCC(=O)N2CCCN(c3ncnc4nc[nH]c34)CC2)ccc1C(C)C. The molecule has 2 aromatic heterocycles. The van der Waals surface area contributed by atoms with Crippen LogP contribution in [0.5, 0.6) is 5.75 Å². The summed E-state index contributed by atoms with van der Waals surface area (Å²) in [6.07, 6.45) is 4.03. The summed E-state index contributed by atoms with van der Waals surface area (Å²) in [6, 6.07) is 6.05. The number of imidazole rings is 1. The van der Waals surface area contributed by atoms with Crippen LogP contribution in [0.15, 0.2) is 30.9 Å². The van der Waals surface area contributed by atoms with E-state index < -0.39 is 0 Å². The molecular weight excluding hydrogens is 380 g/mol. The molecule has 1 amide bonds. The molecule has 4 rings (SSSR count). The molecule has 3 heterocycles. The zero-order valence-corrected chi connectivity index (χ0v) is 17.8. The molecule has 1 aromatic carbocycles. The number of hydrogen-bond acceptors (Lipinski definition) is 6. The minimum Gasteiger partial charge on any atom is -0.484 e. The van der Waals surface area contributed by atoms with Crippen molar-refractivity contribution in [3.63, 3.8) is 0 Å². The van der Waals surface area contributed by atoms with E-state index in [9.17, 15) is 4.79 Å². The number of amides is 1. The van der Waals surface area contributed by atoms with Gasteiger partial charge in [-0.25, -0.2) is 15.0 Å². The number of aryl methyl sites for hydroxylation is 1. The highest BCUT2D eigenvalue weighted by Gasteiger charge is 2.22. The van der Waals surface area contributed by atoms with Crippen LogP contribution in [0.3, 0.4) is 0 Å². The molecule has 3 aromatic rings. The van der Waals surface area contributed by atoms with Gasteiger partial charge in [0.15, 0.2) is 18.1 Å². The monoisotopic (exact) mass is 408 g/mol. The Hall–Kier alpha value is -3.16. The summed E-state index contributed by atoms with van der Waals surface area (Å²) in [6.45, 7) is 9.36. The Morgan fingerprint density at radius 3 is 2.83 bits per heavy atom. The first-order valence-electron chi connectivity index (χ1n) is 10.4. The molecule has 0 atom stereocenters. The lowest BCUT2D eigenvalue weighted by molar-refractivity contribution is -0.133. The fourth-order valence-corrected chi connectivity index (χ4v) is 3.99. The van der Waals surface area contributed by atoms with Gasteiger partial charge in [0.25, 0.3) is 5.91 Å². The molecule has 0 aliphatic carbocycles. The predicted molar refractivity (Wildman–Crippen MR) is 116 cm³/mol. The highest BCUT2D eigenvalue weighted by molar-refractivity contribution is 5.83. The number of benzene rings is 1. The van der Waals surface area contributed by atoms with Gasteiger partial charge >= 0.3 is 0 Å². The fraction of sp³-hybridized carbons (Fsp3) is 0.455. The fourth-order valence-electron chi connectivity index (χ4n) is 3.99. The van der Waals surface area contributed by atoms with Crippen LogP contribution in [-0.2, 0) is 4.79 Å². The van der Waals surface area contributed by atoms with Crippen molar-refractivity contribution in [1.29, 1.82) is 0 Å². The Bertz CT molecular complexity index is 1030. The first-order chi connectivity index (χ1) is 14.5. The molecule has 30 heavy (non-hydrogen) atoms. The van der Waals surface area contributed by atoms with Crippen molar-refractivity contribution >= 4 is 22.9 Å². The highest BCUT2D eigenvalue weighted by Crippen LogP contribution is 2.24. The van der Waals surface area contributed by atoms with E-state index in [-0.39, 0.29) is 12.5 Å². The number of carbonyl (C=O) groups excluding carboxylic acids is 1. The third kappa shape index (κ3) is 4.22. The van der Waals surface area contributed by atoms with Gasteiger partial charge in [-0.3, -0.25) is 4.79 Å². The van der Waals surface area contributed by atoms with Crippen molar-refractivity contribution in [2.24, 2.45) is 0 Å². The third-order valence-electron chi connectivity index (χ3n) is 5.58. The number of H-pyrrole nitrogens is 1. The number of aromatic nitrogens is 4. The summed E-state index contributed by atoms with van der Waals surface area (Å²) in [7, 11) is 0. The van der Waals surface area contributed by atoms with Crippen LogP contribution in [-0.4, -0.2) is 63.5 Å². The van der Waals surface area contributed by atoms with Crippen LogP contribution in [0.1, 0.15) is 37.3 Å². The number of fused-ring (bicyclic) bond motifs is 1. The van der Waals surface area contributed by atoms with E-state index in [1.54, 1.807) is 6.33 Å². The smallest absolute Gasteiger partial charge is 0.260 e. The number of anilines is 1. The molecule has 1 N–H and O–H groups in total. The van der Waals surface area contributed by atoms with Crippen molar-refractivity contribution in [3.8, 4) is 5.75 Å². The van der Waals surface area contributed by atoms with Crippen LogP contribution in [0.2, 0.25) is 0 Å². The summed E-state index contributed by atoms with van der Waals surface area (Å²) in [5.74, 6) is 2.06. The van der Waals surface area contributed by atoms with Crippen LogP contribution in [0, 0.1) is 6.92 Å². The van der Waals surface area contributed by atoms with Gasteiger partial charge in [0, 0.05) is 26.2 Å². The maximum atomic E-state index is 12.7. The zero-order valence-electron chi connectivity index (χ0n) is 17.8. The van der Waals surface area contributed by atoms with Gasteiger partial charge in [0.2, 0.25) is 0 Å². The van der Waals surface area contributed by atoms with Crippen molar-refractivity contribution in [3.05, 3.63) is 42.0 Å². The number of hydrogen-bond donors (Lipinski definition) is 1. The first-order valence-corrected chi connectivity index (χ1v) is 10.4. The average molecular weight is 409 g/mol. The molecule has 0 unspecified atom stereocenters. The van der Waals surface area contributed by atoms with E-state index in [0.29, 0.717) is 31.2 Å². The van der Waals surface area contributed by atoms with Gasteiger partial charge in [-0.1, -0.05) is 19.9 Å². The van der Waals surface area contributed by atoms with E-state index in [1.807, 2.05) is 17.0 Å². The minimum absolute atomic E-state index is 0.0109. The van der Waals surface area contributed by atoms with Gasteiger partial charge in [-0.05, 0) is 42.5 Å². The van der Waals surface area contributed by atoms with Crippen molar-refractivity contribution in [2.75, 3.05) is 37.7 Å². The number of carbonyl (C=O) groups is 1. The lowest BCUT2D eigenvalue weighted by Gasteiger charge is -2.23. The van der Waals surface area contributed by atoms with Crippen LogP contribution < -0.4 is 9.64 Å². The second kappa shape index (κ2) is 8.69. The van der Waals surface area contributed by atoms with Crippen molar-refractivity contribution < 1.29 is 9.53 Å². The molecule has 0 bridgehead atoms. The van der Waals surface area contributed by atoms with E-state index in [2.05, 4.69) is 51.7 Å². The number of ether oxygens (including phenoxy) is 1. The molecule has 0 saturated carbocycles. The van der Waals surface area contributed by atoms with Crippen LogP contribution >= 0.6 is 0 Å². The third-order valence-corrected chi connectivity index (χ3v) is 5.58. The number of rotatable bonds is 5. The van der Waals surface area contributed by atoms with Gasteiger partial charge in [0.05, 0.1) is 6.33 Å². The quantitative estimate of drug-likeness (QED) is 0.699. The Labute approximate surface area is 176 Å². The largest absolute Gasteiger partial charge is 0.484 e. The van der Waals surface area contributed by atoms with Gasteiger partial charge in [0.1, 0.15) is 17.6 Å². The zero-order chi connectivity index (χ0) is 21.1. The van der Waals surface area contributed by atoms with E-state index in [4.69, 9.17) is 4.74 Å². The average Bonchev–Trinajstić information content (AvgIpc) is 3.08. The highest BCUT2D eigenvalue weighted by atomic mass is 16.5. The molecule has 1 aliphatic heterocycles. The molecule has 1 saturated heterocycles. The second-order valence-corrected chi connectivity index (χ2v) is 7.98. The molecule has 158 valence electrons. The summed E-state index contributed by atoms with van der Waals surface area (Å²) >= 11 is 0. The van der Waals surface area contributed by atoms with Crippen LogP contribution in [0.25, 0.3) is 11.2 Å². The Morgan fingerprint density at radius 2 is 2.03 bits per heavy atom. The Kier molecular flexibility index (Phi) is 5.83. The molecule has 0 radical (unpaired) electrons. The maximum Gasteiger partial charge on any atom is 0.260 e. The standard InChI is InChI=1S/C22H28N6O2/c1-15(2)18-6-5-17(11-16(18)3)30-12-19(29)27-7-4-8-28(10-9-27)22-20-21(24-13-23-20)25-14-26-22/h5-6,11,13-15H,4,7-10,12H2,1-3H3,(H,23,24,25,26). The second-order valence-electron chi connectivity index (χ2n) is 7.98. The summed E-state index contributed by atoms with van der Waals surface area (Å²) in [5.41, 5.74) is 3.98. The van der Waals surface area contributed by atoms with E-state index in [1.165, 1.54) is 17.5 Å². The normalized spacial score (nSPS) is 14.9. The first kappa shape index (κ1) is 20.1. The summed E-state index contributed by atoms with van der Waals surface area (Å²) in [5, 5.41) is 0. The minimum atomic E-state index is 0.0109. The number of nitrogens with one attached hydrogen (secondary N) is 1. The van der Waals surface area contributed by atoms with Gasteiger partial charge < -0.3 is 19.5 Å². The van der Waals surface area contributed by atoms with Crippen LogP contribution in [0.4, 0.5) is 5.82 Å². The molecule has 1 fully saturated rings. The Morgan fingerprint density at radius 1 is 1.17 bits per heavy atom. The maximum absolute atomic E-state index is 12.7.